The number of ether oxygens (including phenoxy) is 1. The van der Waals surface area contributed by atoms with Crippen LogP contribution in [0.5, 0.6) is 0 Å². The minimum absolute atomic E-state index is 0.0848. The molecule has 0 fully saturated rings. The van der Waals surface area contributed by atoms with Crippen LogP contribution in [0.3, 0.4) is 0 Å². The van der Waals surface area contributed by atoms with Crippen LogP contribution in [0, 0.1) is 0 Å². The molecule has 4 heteroatoms. The number of halogens is 1. The first-order valence-electron chi connectivity index (χ1n) is 6.30. The smallest absolute Gasteiger partial charge is 0.337 e. The van der Waals surface area contributed by atoms with Crippen molar-refractivity contribution in [2.24, 2.45) is 0 Å². The fourth-order valence-corrected chi connectivity index (χ4v) is 2.16. The molecule has 2 aromatic carbocycles. The number of benzene rings is 2. The summed E-state index contributed by atoms with van der Waals surface area (Å²) < 4.78 is 4.71. The maximum Gasteiger partial charge on any atom is 0.337 e. The third-order valence-electron chi connectivity index (χ3n) is 3.02. The average Bonchev–Trinajstić information content (AvgIpc) is 2.46. The van der Waals surface area contributed by atoms with Crippen molar-refractivity contribution in [3.8, 4) is 0 Å². The molecule has 0 amide bonds. The fourth-order valence-electron chi connectivity index (χ4n) is 1.96. The van der Waals surface area contributed by atoms with Crippen LogP contribution >= 0.6 is 11.6 Å². The number of anilines is 1. The van der Waals surface area contributed by atoms with Gasteiger partial charge in [0.2, 0.25) is 0 Å². The molecule has 0 spiro atoms. The van der Waals surface area contributed by atoms with Gasteiger partial charge in [-0.2, -0.15) is 0 Å². The number of nitrogens with one attached hydrogen (secondary N) is 1. The highest BCUT2D eigenvalue weighted by Gasteiger charge is 2.09. The molecule has 1 unspecified atom stereocenters. The van der Waals surface area contributed by atoms with Gasteiger partial charge in [0.15, 0.2) is 0 Å². The number of carbonyl (C=O) groups excluding carboxylic acids is 1. The third kappa shape index (κ3) is 3.52. The van der Waals surface area contributed by atoms with Crippen LogP contribution in [0.15, 0.2) is 48.5 Å². The summed E-state index contributed by atoms with van der Waals surface area (Å²) >= 11 is 5.99. The predicted molar refractivity (Wildman–Crippen MR) is 81.3 cm³/mol. The van der Waals surface area contributed by atoms with E-state index in [2.05, 4.69) is 5.32 Å². The van der Waals surface area contributed by atoms with E-state index in [0.29, 0.717) is 10.6 Å². The summed E-state index contributed by atoms with van der Waals surface area (Å²) in [4.78, 5) is 11.5. The van der Waals surface area contributed by atoms with Crippen LogP contribution in [0.25, 0.3) is 0 Å². The number of rotatable bonds is 4. The molecule has 1 N–H and O–H groups in total. The Hall–Kier alpha value is -2.00. The average molecular weight is 290 g/mol. The summed E-state index contributed by atoms with van der Waals surface area (Å²) in [5.41, 5.74) is 2.47. The Labute approximate surface area is 123 Å². The molecule has 0 aliphatic carbocycles. The van der Waals surface area contributed by atoms with Crippen molar-refractivity contribution in [2.45, 2.75) is 13.0 Å². The van der Waals surface area contributed by atoms with Crippen molar-refractivity contribution >= 4 is 23.3 Å². The van der Waals surface area contributed by atoms with Gasteiger partial charge in [-0.1, -0.05) is 29.8 Å². The lowest BCUT2D eigenvalue weighted by Crippen LogP contribution is -2.08. The Bertz CT molecular complexity index is 613. The largest absolute Gasteiger partial charge is 0.465 e. The van der Waals surface area contributed by atoms with Crippen LogP contribution in [-0.4, -0.2) is 13.1 Å². The molecule has 2 aromatic rings. The molecular weight excluding hydrogens is 274 g/mol. The van der Waals surface area contributed by atoms with Gasteiger partial charge in [0.1, 0.15) is 0 Å². The van der Waals surface area contributed by atoms with Gasteiger partial charge in [-0.15, -0.1) is 0 Å². The highest BCUT2D eigenvalue weighted by molar-refractivity contribution is 6.30. The van der Waals surface area contributed by atoms with E-state index in [4.69, 9.17) is 16.3 Å². The van der Waals surface area contributed by atoms with E-state index in [1.54, 1.807) is 12.1 Å². The lowest BCUT2D eigenvalue weighted by atomic mass is 10.1. The monoisotopic (exact) mass is 289 g/mol. The Morgan fingerprint density at radius 2 is 1.95 bits per heavy atom. The molecule has 0 bridgehead atoms. The van der Waals surface area contributed by atoms with Gasteiger partial charge < -0.3 is 10.1 Å². The van der Waals surface area contributed by atoms with Gasteiger partial charge in [0.05, 0.1) is 12.7 Å². The molecule has 0 radical (unpaired) electrons. The van der Waals surface area contributed by atoms with Gasteiger partial charge in [-0.05, 0) is 42.8 Å². The maximum absolute atomic E-state index is 11.5. The van der Waals surface area contributed by atoms with E-state index in [1.165, 1.54) is 7.11 Å². The van der Waals surface area contributed by atoms with E-state index < -0.39 is 0 Å². The lowest BCUT2D eigenvalue weighted by Gasteiger charge is -2.16. The molecule has 0 saturated heterocycles. The van der Waals surface area contributed by atoms with Crippen molar-refractivity contribution in [3.05, 3.63) is 64.7 Å². The van der Waals surface area contributed by atoms with Gasteiger partial charge in [0.25, 0.3) is 0 Å². The van der Waals surface area contributed by atoms with Crippen LogP contribution in [-0.2, 0) is 4.74 Å². The Morgan fingerprint density at radius 1 is 1.20 bits per heavy atom. The first kappa shape index (κ1) is 14.4. The van der Waals surface area contributed by atoms with Crippen LogP contribution < -0.4 is 5.32 Å². The van der Waals surface area contributed by atoms with E-state index in [1.807, 2.05) is 43.3 Å². The summed E-state index contributed by atoms with van der Waals surface area (Å²) in [6.07, 6.45) is 0. The Balaban J connectivity index is 2.15. The Kier molecular flexibility index (Phi) is 4.64. The zero-order valence-corrected chi connectivity index (χ0v) is 12.1. The van der Waals surface area contributed by atoms with Gasteiger partial charge >= 0.3 is 5.97 Å². The number of hydrogen-bond donors (Lipinski definition) is 1. The van der Waals surface area contributed by atoms with E-state index in [9.17, 15) is 4.79 Å². The molecule has 1 atom stereocenters. The molecule has 2 rings (SSSR count). The van der Waals surface area contributed by atoms with Crippen LogP contribution in [0.1, 0.15) is 28.9 Å². The molecule has 0 aliphatic rings. The van der Waals surface area contributed by atoms with Crippen molar-refractivity contribution in [1.29, 1.82) is 0 Å². The highest BCUT2D eigenvalue weighted by atomic mass is 35.5. The minimum Gasteiger partial charge on any atom is -0.465 e. The quantitative estimate of drug-likeness (QED) is 0.853. The second-order valence-electron chi connectivity index (χ2n) is 4.49. The van der Waals surface area contributed by atoms with Crippen molar-refractivity contribution in [2.75, 3.05) is 12.4 Å². The zero-order chi connectivity index (χ0) is 14.5. The first-order chi connectivity index (χ1) is 9.60. The molecule has 0 aromatic heterocycles. The molecule has 104 valence electrons. The summed E-state index contributed by atoms with van der Waals surface area (Å²) in [5, 5.41) is 4.05. The molecule has 0 heterocycles. The van der Waals surface area contributed by atoms with E-state index in [-0.39, 0.29) is 12.0 Å². The SMILES string of the molecule is COC(=O)c1cccc(NC(C)c2cccc(Cl)c2)c1. The number of methoxy groups -OCH3 is 1. The number of hydrogen-bond acceptors (Lipinski definition) is 3. The summed E-state index contributed by atoms with van der Waals surface area (Å²) in [5.74, 6) is -0.343. The number of carbonyl (C=O) groups is 1. The summed E-state index contributed by atoms with van der Waals surface area (Å²) in [6, 6.07) is 15.0. The van der Waals surface area contributed by atoms with E-state index in [0.717, 1.165) is 11.3 Å². The zero-order valence-electron chi connectivity index (χ0n) is 11.4. The second-order valence-corrected chi connectivity index (χ2v) is 4.93. The third-order valence-corrected chi connectivity index (χ3v) is 3.25. The second kappa shape index (κ2) is 6.44. The normalized spacial score (nSPS) is 11.8. The molecular formula is C16H16ClNO2. The van der Waals surface area contributed by atoms with Crippen molar-refractivity contribution in [1.82, 2.24) is 0 Å². The van der Waals surface area contributed by atoms with Gasteiger partial charge in [0, 0.05) is 16.8 Å². The number of esters is 1. The molecule has 0 aliphatic heterocycles. The molecule has 0 saturated carbocycles. The molecule has 20 heavy (non-hydrogen) atoms. The van der Waals surface area contributed by atoms with Crippen molar-refractivity contribution in [3.63, 3.8) is 0 Å². The van der Waals surface area contributed by atoms with Crippen LogP contribution in [0.4, 0.5) is 5.69 Å². The Morgan fingerprint density at radius 3 is 2.65 bits per heavy atom. The van der Waals surface area contributed by atoms with E-state index >= 15 is 0 Å². The lowest BCUT2D eigenvalue weighted by molar-refractivity contribution is 0.0601. The highest BCUT2D eigenvalue weighted by Crippen LogP contribution is 2.22. The predicted octanol–water partition coefficient (Wildman–Crippen LogP) is 4.30. The first-order valence-corrected chi connectivity index (χ1v) is 6.68. The minimum atomic E-state index is -0.343. The molecule has 3 nitrogen and oxygen atoms in total. The van der Waals surface area contributed by atoms with Gasteiger partial charge in [-0.25, -0.2) is 4.79 Å². The van der Waals surface area contributed by atoms with Crippen LogP contribution in [0.2, 0.25) is 5.02 Å². The van der Waals surface area contributed by atoms with Gasteiger partial charge in [-0.3, -0.25) is 0 Å². The fraction of sp³-hybridized carbons (Fsp3) is 0.188. The van der Waals surface area contributed by atoms with Crippen molar-refractivity contribution < 1.29 is 9.53 Å². The topological polar surface area (TPSA) is 38.3 Å². The summed E-state index contributed by atoms with van der Waals surface area (Å²) in [6.45, 7) is 2.04. The summed E-state index contributed by atoms with van der Waals surface area (Å²) in [7, 11) is 1.37. The standard InChI is InChI=1S/C16H16ClNO2/c1-11(12-5-3-7-14(17)9-12)18-15-8-4-6-13(10-15)16(19)20-2/h3-11,18H,1-2H3. The maximum atomic E-state index is 11.5.